The number of rotatable bonds is 10. The van der Waals surface area contributed by atoms with Gasteiger partial charge >= 0.3 is 5.97 Å². The van der Waals surface area contributed by atoms with E-state index in [1.807, 2.05) is 24.3 Å². The molecule has 2 heterocycles. The largest absolute Gasteiger partial charge is 0.461 e. The highest BCUT2D eigenvalue weighted by molar-refractivity contribution is 5.82. The highest BCUT2D eigenvalue weighted by Crippen LogP contribution is 2.29. The lowest BCUT2D eigenvalue weighted by molar-refractivity contribution is -0.158. The van der Waals surface area contributed by atoms with Crippen molar-refractivity contribution in [2.24, 2.45) is 7.05 Å². The van der Waals surface area contributed by atoms with Crippen LogP contribution in [0.3, 0.4) is 0 Å². The maximum Gasteiger partial charge on any atom is 0.326 e. The molecule has 3 atom stereocenters. The SMILES string of the molecule is COC[C@H](C)n1c(-c2cc(C)c(=O)n(C)c2)nc2ccc(CN[C@H](C(=O)OC3CCC3)[C@H](C)O)cc21. The molecule has 2 N–H and O–H groups in total. The molecule has 36 heavy (non-hydrogen) atoms. The Labute approximate surface area is 211 Å². The molecule has 0 bridgehead atoms. The zero-order valence-electron chi connectivity index (χ0n) is 21.7. The predicted octanol–water partition coefficient (Wildman–Crippen LogP) is 2.85. The fraction of sp³-hybridized carbons (Fsp3) is 0.519. The number of carbonyl (C=O) groups excluding carboxylic acids is 1. The predicted molar refractivity (Wildman–Crippen MR) is 138 cm³/mol. The molecule has 1 fully saturated rings. The number of fused-ring (bicyclic) bond motifs is 1. The average Bonchev–Trinajstić information content (AvgIpc) is 3.18. The first-order valence-electron chi connectivity index (χ1n) is 12.5. The first kappa shape index (κ1) is 26.1. The number of aliphatic hydroxyl groups is 1. The van der Waals surface area contributed by atoms with Crippen LogP contribution in [0, 0.1) is 6.92 Å². The molecule has 1 aliphatic carbocycles. The fourth-order valence-electron chi connectivity index (χ4n) is 4.62. The van der Waals surface area contributed by atoms with Crippen LogP contribution in [-0.2, 0) is 27.9 Å². The van der Waals surface area contributed by atoms with Crippen molar-refractivity contribution in [2.75, 3.05) is 13.7 Å². The molecule has 1 aliphatic rings. The van der Waals surface area contributed by atoms with Gasteiger partial charge in [-0.1, -0.05) is 6.07 Å². The first-order valence-corrected chi connectivity index (χ1v) is 12.5. The Balaban J connectivity index is 1.66. The summed E-state index contributed by atoms with van der Waals surface area (Å²) in [6, 6.07) is 6.99. The number of aryl methyl sites for hydroxylation is 2. The molecule has 2 aromatic heterocycles. The minimum absolute atomic E-state index is 0.0154. The average molecular weight is 497 g/mol. The van der Waals surface area contributed by atoms with Gasteiger partial charge in [-0.2, -0.15) is 0 Å². The maximum atomic E-state index is 12.6. The van der Waals surface area contributed by atoms with Crippen molar-refractivity contribution in [3.8, 4) is 11.4 Å². The normalized spacial score (nSPS) is 16.5. The van der Waals surface area contributed by atoms with Crippen molar-refractivity contribution in [2.45, 2.75) is 70.9 Å². The second-order valence-electron chi connectivity index (χ2n) is 9.85. The lowest BCUT2D eigenvalue weighted by Crippen LogP contribution is -2.47. The Kier molecular flexibility index (Phi) is 7.92. The molecule has 0 saturated heterocycles. The number of methoxy groups -OCH3 is 1. The van der Waals surface area contributed by atoms with Gasteiger partial charge in [0.05, 0.1) is 29.8 Å². The van der Waals surface area contributed by atoms with Gasteiger partial charge in [0.2, 0.25) is 0 Å². The number of benzene rings is 1. The van der Waals surface area contributed by atoms with E-state index in [9.17, 15) is 14.7 Å². The van der Waals surface area contributed by atoms with Crippen LogP contribution in [0.5, 0.6) is 0 Å². The Morgan fingerprint density at radius 1 is 1.28 bits per heavy atom. The summed E-state index contributed by atoms with van der Waals surface area (Å²) in [7, 11) is 3.41. The van der Waals surface area contributed by atoms with Gasteiger partial charge in [-0.25, -0.2) is 4.98 Å². The van der Waals surface area contributed by atoms with E-state index in [0.717, 1.165) is 47.2 Å². The van der Waals surface area contributed by atoms with Crippen LogP contribution in [0.25, 0.3) is 22.4 Å². The highest BCUT2D eigenvalue weighted by atomic mass is 16.5. The van der Waals surface area contributed by atoms with Gasteiger partial charge in [-0.15, -0.1) is 0 Å². The molecule has 1 saturated carbocycles. The summed E-state index contributed by atoms with van der Waals surface area (Å²) in [6.07, 6.45) is 3.73. The van der Waals surface area contributed by atoms with Gasteiger partial charge in [-0.05, 0) is 63.8 Å². The number of pyridine rings is 1. The lowest BCUT2D eigenvalue weighted by atomic mass is 9.96. The van der Waals surface area contributed by atoms with Crippen LogP contribution in [0.4, 0.5) is 0 Å². The molecule has 0 aliphatic heterocycles. The van der Waals surface area contributed by atoms with Gasteiger partial charge in [0, 0.05) is 38.0 Å². The van der Waals surface area contributed by atoms with Crippen molar-refractivity contribution < 1.29 is 19.4 Å². The summed E-state index contributed by atoms with van der Waals surface area (Å²) in [5, 5.41) is 13.4. The van der Waals surface area contributed by atoms with Gasteiger partial charge in [0.1, 0.15) is 18.0 Å². The van der Waals surface area contributed by atoms with E-state index in [-0.39, 0.29) is 17.7 Å². The summed E-state index contributed by atoms with van der Waals surface area (Å²) in [5.74, 6) is 0.339. The van der Waals surface area contributed by atoms with Crippen molar-refractivity contribution in [3.05, 3.63) is 51.9 Å². The topological polar surface area (TPSA) is 108 Å². The Morgan fingerprint density at radius 3 is 2.64 bits per heavy atom. The summed E-state index contributed by atoms with van der Waals surface area (Å²) in [5.41, 5.74) is 4.14. The quantitative estimate of drug-likeness (QED) is 0.416. The van der Waals surface area contributed by atoms with Crippen LogP contribution < -0.4 is 10.9 Å². The molecule has 3 aromatic rings. The van der Waals surface area contributed by atoms with Crippen LogP contribution in [0.15, 0.2) is 35.3 Å². The molecule has 0 radical (unpaired) electrons. The van der Waals surface area contributed by atoms with E-state index in [1.54, 1.807) is 38.8 Å². The van der Waals surface area contributed by atoms with Gasteiger partial charge in [0.15, 0.2) is 0 Å². The summed E-state index contributed by atoms with van der Waals surface area (Å²) in [6.45, 7) is 6.32. The lowest BCUT2D eigenvalue weighted by Gasteiger charge is -2.28. The molecule has 0 amide bonds. The third-order valence-corrected chi connectivity index (χ3v) is 6.82. The number of aliphatic hydroxyl groups excluding tert-OH is 1. The number of nitrogens with zero attached hydrogens (tertiary/aromatic N) is 3. The number of ether oxygens (including phenoxy) is 2. The minimum atomic E-state index is -0.881. The second kappa shape index (κ2) is 10.9. The van der Waals surface area contributed by atoms with Crippen LogP contribution in [0.1, 0.15) is 50.3 Å². The minimum Gasteiger partial charge on any atom is -0.461 e. The zero-order chi connectivity index (χ0) is 26.0. The molecule has 1 aromatic carbocycles. The van der Waals surface area contributed by atoms with Crippen LogP contribution >= 0.6 is 0 Å². The smallest absolute Gasteiger partial charge is 0.326 e. The Bertz CT molecular complexity index is 1270. The Hall–Kier alpha value is -3.01. The maximum absolute atomic E-state index is 12.6. The van der Waals surface area contributed by atoms with E-state index in [1.165, 1.54) is 0 Å². The zero-order valence-corrected chi connectivity index (χ0v) is 21.7. The van der Waals surface area contributed by atoms with Gasteiger partial charge < -0.3 is 23.7 Å². The Morgan fingerprint density at radius 2 is 2.03 bits per heavy atom. The summed E-state index contributed by atoms with van der Waals surface area (Å²) < 4.78 is 14.7. The van der Waals surface area contributed by atoms with Crippen molar-refractivity contribution in [1.29, 1.82) is 0 Å². The van der Waals surface area contributed by atoms with E-state index in [0.29, 0.717) is 18.7 Å². The number of carbonyl (C=O) groups is 1. The van der Waals surface area contributed by atoms with E-state index >= 15 is 0 Å². The molecular weight excluding hydrogens is 460 g/mol. The van der Waals surface area contributed by atoms with Crippen molar-refractivity contribution >= 4 is 17.0 Å². The summed E-state index contributed by atoms with van der Waals surface area (Å²) >= 11 is 0. The monoisotopic (exact) mass is 496 g/mol. The molecule has 194 valence electrons. The number of nitrogens with one attached hydrogen (secondary N) is 1. The number of imidazole rings is 1. The number of hydrogen-bond acceptors (Lipinski definition) is 7. The van der Waals surface area contributed by atoms with Gasteiger partial charge in [0.25, 0.3) is 5.56 Å². The third-order valence-electron chi connectivity index (χ3n) is 6.82. The molecular formula is C27H36N4O5. The van der Waals surface area contributed by atoms with E-state index < -0.39 is 18.1 Å². The fourth-order valence-corrected chi connectivity index (χ4v) is 4.62. The highest BCUT2D eigenvalue weighted by Gasteiger charge is 2.29. The van der Waals surface area contributed by atoms with Crippen LogP contribution in [-0.4, -0.2) is 57.2 Å². The first-order chi connectivity index (χ1) is 17.2. The third kappa shape index (κ3) is 5.38. The molecule has 9 nitrogen and oxygen atoms in total. The molecule has 4 rings (SSSR count). The van der Waals surface area contributed by atoms with Crippen molar-refractivity contribution in [1.82, 2.24) is 19.4 Å². The second-order valence-corrected chi connectivity index (χ2v) is 9.85. The van der Waals surface area contributed by atoms with E-state index in [2.05, 4.69) is 16.8 Å². The molecule has 0 unspecified atom stereocenters. The van der Waals surface area contributed by atoms with Gasteiger partial charge in [-0.3, -0.25) is 14.9 Å². The number of hydrogen-bond donors (Lipinski definition) is 2. The number of aromatic nitrogens is 3. The molecule has 9 heteroatoms. The van der Waals surface area contributed by atoms with Crippen molar-refractivity contribution in [3.63, 3.8) is 0 Å². The molecule has 0 spiro atoms. The summed E-state index contributed by atoms with van der Waals surface area (Å²) in [4.78, 5) is 29.7. The standard InChI is InChI=1S/C27H36N4O5/c1-16-11-20(14-30(4)26(16)33)25-29-22-10-9-19(12-23(22)31(25)17(2)15-35-5)13-28-24(18(3)32)27(34)36-21-7-6-8-21/h9-12,14,17-18,21,24,28,32H,6-8,13,15H2,1-5H3/t17-,18-,24-/m0/s1. The van der Waals surface area contributed by atoms with Crippen LogP contribution in [0.2, 0.25) is 0 Å². The number of esters is 1. The van der Waals surface area contributed by atoms with E-state index in [4.69, 9.17) is 14.5 Å².